The van der Waals surface area contributed by atoms with Gasteiger partial charge in [0.05, 0.1) is 5.02 Å². The number of aromatic amines is 1. The van der Waals surface area contributed by atoms with E-state index in [9.17, 15) is 17.6 Å². The normalized spacial score (nSPS) is 11.7. The van der Waals surface area contributed by atoms with Crippen molar-refractivity contribution in [2.24, 2.45) is 5.14 Å². The number of hydrogen-bond acceptors (Lipinski definition) is 3. The zero-order valence-electron chi connectivity index (χ0n) is 14.8. The standard InChI is InChI=1S/C21H14ClFN2O3S/c22-18-8-4-14(10-20(18)29(24,27)28)21(26)13-3-7-16-17(11-25-19(16)9-13)12-1-5-15(23)6-2-12/h1-11,25H,(H2,24,27,28). The first-order valence-electron chi connectivity index (χ1n) is 8.48. The van der Waals surface area contributed by atoms with Gasteiger partial charge in [-0.15, -0.1) is 0 Å². The van der Waals surface area contributed by atoms with Gasteiger partial charge in [0.15, 0.2) is 5.78 Å². The molecule has 1 heterocycles. The number of nitrogens with two attached hydrogens (primary N) is 1. The van der Waals surface area contributed by atoms with Crippen LogP contribution in [0, 0.1) is 5.82 Å². The van der Waals surface area contributed by atoms with Crippen LogP contribution < -0.4 is 5.14 Å². The number of aromatic nitrogens is 1. The molecule has 0 aliphatic heterocycles. The summed E-state index contributed by atoms with van der Waals surface area (Å²) in [7, 11) is -4.05. The average molecular weight is 429 g/mol. The molecule has 0 aliphatic rings. The largest absolute Gasteiger partial charge is 0.361 e. The maximum atomic E-state index is 13.2. The highest BCUT2D eigenvalue weighted by Gasteiger charge is 2.18. The van der Waals surface area contributed by atoms with Gasteiger partial charge >= 0.3 is 0 Å². The van der Waals surface area contributed by atoms with E-state index < -0.39 is 10.0 Å². The van der Waals surface area contributed by atoms with Crippen molar-refractivity contribution in [1.82, 2.24) is 4.98 Å². The quantitative estimate of drug-likeness (QED) is 0.468. The second kappa shape index (κ2) is 7.11. The number of H-pyrrole nitrogens is 1. The third-order valence-electron chi connectivity index (χ3n) is 4.60. The molecule has 3 aromatic carbocycles. The lowest BCUT2D eigenvalue weighted by molar-refractivity contribution is 0.103. The molecule has 146 valence electrons. The van der Waals surface area contributed by atoms with Gasteiger partial charge in [0.2, 0.25) is 10.0 Å². The van der Waals surface area contributed by atoms with Crippen molar-refractivity contribution >= 4 is 38.3 Å². The van der Waals surface area contributed by atoms with Crippen LogP contribution in [0.3, 0.4) is 0 Å². The van der Waals surface area contributed by atoms with Crippen LogP contribution in [0.25, 0.3) is 22.0 Å². The Hall–Kier alpha value is -3.00. The van der Waals surface area contributed by atoms with E-state index in [4.69, 9.17) is 16.7 Å². The van der Waals surface area contributed by atoms with Crippen molar-refractivity contribution in [1.29, 1.82) is 0 Å². The van der Waals surface area contributed by atoms with Gasteiger partial charge in [0.25, 0.3) is 0 Å². The van der Waals surface area contributed by atoms with Crippen LogP contribution in [0.4, 0.5) is 4.39 Å². The van der Waals surface area contributed by atoms with Crippen molar-refractivity contribution in [3.63, 3.8) is 0 Å². The highest BCUT2D eigenvalue weighted by molar-refractivity contribution is 7.89. The Morgan fingerprint density at radius 2 is 1.62 bits per heavy atom. The SMILES string of the molecule is NS(=O)(=O)c1cc(C(=O)c2ccc3c(-c4ccc(F)cc4)c[nH]c3c2)ccc1Cl. The third kappa shape index (κ3) is 3.67. The number of rotatable bonds is 4. The maximum Gasteiger partial charge on any atom is 0.239 e. The first-order valence-corrected chi connectivity index (χ1v) is 10.4. The number of fused-ring (bicyclic) bond motifs is 1. The number of nitrogens with one attached hydrogen (secondary N) is 1. The van der Waals surface area contributed by atoms with Gasteiger partial charge in [-0.2, -0.15) is 0 Å². The first-order chi connectivity index (χ1) is 13.7. The van der Waals surface area contributed by atoms with Gasteiger partial charge in [-0.25, -0.2) is 17.9 Å². The van der Waals surface area contributed by atoms with E-state index in [-0.39, 0.29) is 27.1 Å². The van der Waals surface area contributed by atoms with Gasteiger partial charge in [-0.1, -0.05) is 35.9 Å². The number of hydrogen-bond donors (Lipinski definition) is 2. The Balaban J connectivity index is 1.74. The summed E-state index contributed by atoms with van der Waals surface area (Å²) in [6.07, 6.45) is 1.79. The molecule has 0 saturated carbocycles. The summed E-state index contributed by atoms with van der Waals surface area (Å²) in [6.45, 7) is 0. The van der Waals surface area contributed by atoms with Crippen LogP contribution in [0.1, 0.15) is 15.9 Å². The number of halogens is 2. The molecular formula is C21H14ClFN2O3S. The van der Waals surface area contributed by atoms with E-state index in [1.807, 2.05) is 0 Å². The van der Waals surface area contributed by atoms with Crippen LogP contribution in [-0.4, -0.2) is 19.2 Å². The smallest absolute Gasteiger partial charge is 0.239 e. The predicted molar refractivity (Wildman–Crippen MR) is 110 cm³/mol. The number of sulfonamides is 1. The molecule has 29 heavy (non-hydrogen) atoms. The number of ketones is 1. The first kappa shape index (κ1) is 19.3. The topological polar surface area (TPSA) is 93.0 Å². The molecule has 0 saturated heterocycles. The predicted octanol–water partition coefficient (Wildman–Crippen LogP) is 4.51. The average Bonchev–Trinajstić information content (AvgIpc) is 3.11. The Bertz CT molecular complexity index is 1360. The van der Waals surface area contributed by atoms with Gasteiger partial charge in [-0.05, 0) is 42.0 Å². The molecule has 0 atom stereocenters. The Morgan fingerprint density at radius 1 is 0.966 bits per heavy atom. The van der Waals surface area contributed by atoms with Crippen molar-refractivity contribution in [3.05, 3.63) is 88.8 Å². The second-order valence-corrected chi connectivity index (χ2v) is 8.43. The lowest BCUT2D eigenvalue weighted by Crippen LogP contribution is -2.14. The monoisotopic (exact) mass is 428 g/mol. The fourth-order valence-corrected chi connectivity index (χ4v) is 4.24. The highest BCUT2D eigenvalue weighted by Crippen LogP contribution is 2.30. The summed E-state index contributed by atoms with van der Waals surface area (Å²) in [5.41, 5.74) is 2.96. The van der Waals surface area contributed by atoms with E-state index in [1.54, 1.807) is 36.5 Å². The molecule has 0 aliphatic carbocycles. The molecule has 4 aromatic rings. The van der Waals surface area contributed by atoms with Gasteiger partial charge in [-0.3, -0.25) is 4.79 Å². The molecule has 0 fully saturated rings. The summed E-state index contributed by atoms with van der Waals surface area (Å²) in [5, 5.41) is 5.98. The van der Waals surface area contributed by atoms with Gasteiger partial charge < -0.3 is 4.98 Å². The Kier molecular flexibility index (Phi) is 4.74. The summed E-state index contributed by atoms with van der Waals surface area (Å²) < 4.78 is 36.5. The molecule has 5 nitrogen and oxygen atoms in total. The highest BCUT2D eigenvalue weighted by atomic mass is 35.5. The van der Waals surface area contributed by atoms with Gasteiger partial charge in [0, 0.05) is 33.8 Å². The number of carbonyl (C=O) groups excluding carboxylic acids is 1. The zero-order chi connectivity index (χ0) is 20.8. The van der Waals surface area contributed by atoms with Crippen LogP contribution in [0.2, 0.25) is 5.02 Å². The van der Waals surface area contributed by atoms with Gasteiger partial charge in [0.1, 0.15) is 10.7 Å². The molecule has 0 radical (unpaired) electrons. The van der Waals surface area contributed by atoms with E-state index >= 15 is 0 Å². The maximum absolute atomic E-state index is 13.2. The lowest BCUT2D eigenvalue weighted by atomic mass is 10.00. The minimum atomic E-state index is -4.05. The molecule has 3 N–H and O–H groups in total. The number of primary sulfonamides is 1. The van der Waals surface area contributed by atoms with Crippen LogP contribution in [0.15, 0.2) is 71.8 Å². The fraction of sp³-hybridized carbons (Fsp3) is 0. The summed E-state index contributed by atoms with van der Waals surface area (Å²) >= 11 is 5.88. The lowest BCUT2D eigenvalue weighted by Gasteiger charge is -2.06. The summed E-state index contributed by atoms with van der Waals surface area (Å²) in [4.78, 5) is 15.7. The molecule has 4 rings (SSSR count). The minimum absolute atomic E-state index is 0.0483. The fourth-order valence-electron chi connectivity index (χ4n) is 3.17. The van der Waals surface area contributed by atoms with E-state index in [2.05, 4.69) is 4.98 Å². The second-order valence-electron chi connectivity index (χ2n) is 6.49. The van der Waals surface area contributed by atoms with Crippen molar-refractivity contribution in [2.45, 2.75) is 4.90 Å². The number of benzene rings is 3. The van der Waals surface area contributed by atoms with E-state index in [1.165, 1.54) is 30.3 Å². The summed E-state index contributed by atoms with van der Waals surface area (Å²) in [6, 6.07) is 15.2. The van der Waals surface area contributed by atoms with E-state index in [0.717, 1.165) is 22.0 Å². The van der Waals surface area contributed by atoms with Crippen molar-refractivity contribution in [3.8, 4) is 11.1 Å². The van der Waals surface area contributed by atoms with Crippen LogP contribution in [0.5, 0.6) is 0 Å². The molecule has 0 bridgehead atoms. The number of carbonyl (C=O) groups is 1. The van der Waals surface area contributed by atoms with Crippen LogP contribution in [-0.2, 0) is 10.0 Å². The Labute approximate surface area is 171 Å². The minimum Gasteiger partial charge on any atom is -0.361 e. The van der Waals surface area contributed by atoms with Crippen molar-refractivity contribution in [2.75, 3.05) is 0 Å². The van der Waals surface area contributed by atoms with Crippen molar-refractivity contribution < 1.29 is 17.6 Å². The zero-order valence-corrected chi connectivity index (χ0v) is 16.4. The molecule has 1 aromatic heterocycles. The molecule has 0 unspecified atom stereocenters. The Morgan fingerprint density at radius 3 is 2.31 bits per heavy atom. The summed E-state index contributed by atoms with van der Waals surface area (Å²) in [5.74, 6) is -0.685. The molecule has 8 heteroatoms. The molecular weight excluding hydrogens is 415 g/mol. The molecule has 0 spiro atoms. The third-order valence-corrected chi connectivity index (χ3v) is 5.99. The molecule has 0 amide bonds. The van der Waals surface area contributed by atoms with Crippen LogP contribution >= 0.6 is 11.6 Å². The van der Waals surface area contributed by atoms with E-state index in [0.29, 0.717) is 5.56 Å².